The molecule has 0 aromatic heterocycles. The molecule has 0 fully saturated rings. The summed E-state index contributed by atoms with van der Waals surface area (Å²) in [7, 11) is 0. The van der Waals surface area contributed by atoms with Crippen molar-refractivity contribution < 1.29 is 9.47 Å². The van der Waals surface area contributed by atoms with Crippen LogP contribution in [0.25, 0.3) is 0 Å². The molecule has 1 aromatic carbocycles. The minimum absolute atomic E-state index is 0.235. The molecule has 0 radical (unpaired) electrons. The van der Waals surface area contributed by atoms with Crippen molar-refractivity contribution in [1.29, 1.82) is 0 Å². The van der Waals surface area contributed by atoms with E-state index in [0.29, 0.717) is 5.92 Å². The van der Waals surface area contributed by atoms with E-state index in [9.17, 15) is 0 Å². The number of nitrogens with one attached hydrogen (secondary N) is 1. The Balaban J connectivity index is 1.84. The van der Waals surface area contributed by atoms with Crippen molar-refractivity contribution in [1.82, 2.24) is 5.32 Å². The van der Waals surface area contributed by atoms with E-state index in [-0.39, 0.29) is 6.04 Å². The highest BCUT2D eigenvalue weighted by atomic mass is 16.5. The number of fused-ring (bicyclic) bond motifs is 1. The van der Waals surface area contributed by atoms with Gasteiger partial charge in [-0.05, 0) is 37.9 Å². The molecule has 2 unspecified atom stereocenters. The number of ether oxygens (including phenoxy) is 2. The first-order valence-corrected chi connectivity index (χ1v) is 7.68. The highest BCUT2D eigenvalue weighted by Crippen LogP contribution is 2.38. The number of hydrogen-bond donors (Lipinski definition) is 1. The van der Waals surface area contributed by atoms with Gasteiger partial charge in [0.2, 0.25) is 0 Å². The lowest BCUT2D eigenvalue weighted by Crippen LogP contribution is -2.39. The van der Waals surface area contributed by atoms with Crippen molar-refractivity contribution in [3.8, 4) is 5.75 Å². The monoisotopic (exact) mass is 273 g/mol. The fourth-order valence-corrected chi connectivity index (χ4v) is 3.00. The Labute approximate surface area is 121 Å². The second kappa shape index (κ2) is 6.31. The van der Waals surface area contributed by atoms with Gasteiger partial charge in [0.1, 0.15) is 11.5 Å². The summed E-state index contributed by atoms with van der Waals surface area (Å²) in [6, 6.07) is 8.60. The van der Waals surface area contributed by atoms with E-state index < -0.39 is 0 Å². The smallest absolute Gasteiger partial charge is 0.122 e. The largest absolute Gasteiger partial charge is 0.497 e. The zero-order chi connectivity index (χ0) is 13.8. The van der Waals surface area contributed by atoms with Gasteiger partial charge in [-0.25, -0.2) is 0 Å². The molecule has 2 aliphatic rings. The predicted octanol–water partition coefficient (Wildman–Crippen LogP) is 3.23. The number of allylic oxidation sites excluding steroid dienone is 1. The number of hydrogen-bond acceptors (Lipinski definition) is 3. The second-order valence-electron chi connectivity index (χ2n) is 5.48. The predicted molar refractivity (Wildman–Crippen MR) is 80.0 cm³/mol. The lowest BCUT2D eigenvalue weighted by Gasteiger charge is -2.28. The molecule has 3 nitrogen and oxygen atoms in total. The summed E-state index contributed by atoms with van der Waals surface area (Å²) in [4.78, 5) is 0. The van der Waals surface area contributed by atoms with E-state index in [1.54, 1.807) is 0 Å². The molecule has 0 saturated heterocycles. The summed E-state index contributed by atoms with van der Waals surface area (Å²) < 4.78 is 11.7. The van der Waals surface area contributed by atoms with Gasteiger partial charge in [0.15, 0.2) is 0 Å². The van der Waals surface area contributed by atoms with Gasteiger partial charge in [-0.1, -0.05) is 25.1 Å². The van der Waals surface area contributed by atoms with Gasteiger partial charge in [-0.3, -0.25) is 0 Å². The summed E-state index contributed by atoms with van der Waals surface area (Å²) in [5.41, 5.74) is 1.30. The van der Waals surface area contributed by atoms with Crippen molar-refractivity contribution in [3.05, 3.63) is 41.7 Å². The third-order valence-electron chi connectivity index (χ3n) is 4.02. The molecule has 2 aliphatic heterocycles. The van der Waals surface area contributed by atoms with Crippen LogP contribution in [0.3, 0.4) is 0 Å². The molecule has 0 amide bonds. The lowest BCUT2D eigenvalue weighted by atomic mass is 9.91. The first-order valence-electron chi connectivity index (χ1n) is 7.68. The molecule has 3 heteroatoms. The maximum Gasteiger partial charge on any atom is 0.122 e. The highest BCUT2D eigenvalue weighted by Gasteiger charge is 2.34. The average molecular weight is 273 g/mol. The summed E-state index contributed by atoms with van der Waals surface area (Å²) in [5, 5.41) is 3.65. The van der Waals surface area contributed by atoms with Crippen LogP contribution in [-0.2, 0) is 4.74 Å². The Morgan fingerprint density at radius 1 is 1.30 bits per heavy atom. The molecule has 3 rings (SSSR count). The topological polar surface area (TPSA) is 30.5 Å². The van der Waals surface area contributed by atoms with Crippen molar-refractivity contribution in [3.63, 3.8) is 0 Å². The van der Waals surface area contributed by atoms with E-state index >= 15 is 0 Å². The molecule has 2 heterocycles. The molecule has 0 aliphatic carbocycles. The SMILES string of the molecule is CCCNC(C1=CCCCO1)C1COc2ccccc21. The van der Waals surface area contributed by atoms with Crippen molar-refractivity contribution in [2.75, 3.05) is 19.8 Å². The van der Waals surface area contributed by atoms with Gasteiger partial charge < -0.3 is 14.8 Å². The lowest BCUT2D eigenvalue weighted by molar-refractivity contribution is 0.155. The molecule has 108 valence electrons. The fourth-order valence-electron chi connectivity index (χ4n) is 3.00. The molecule has 1 N–H and O–H groups in total. The summed E-state index contributed by atoms with van der Waals surface area (Å²) in [6.45, 7) is 4.77. The second-order valence-corrected chi connectivity index (χ2v) is 5.48. The van der Waals surface area contributed by atoms with Crippen LogP contribution in [0.1, 0.15) is 37.7 Å². The van der Waals surface area contributed by atoms with Gasteiger partial charge in [-0.2, -0.15) is 0 Å². The van der Waals surface area contributed by atoms with E-state index in [2.05, 4.69) is 36.5 Å². The van der Waals surface area contributed by atoms with Gasteiger partial charge in [0, 0.05) is 11.5 Å². The summed E-state index contributed by atoms with van der Waals surface area (Å²) in [5.74, 6) is 2.48. The molecule has 2 atom stereocenters. The maximum atomic E-state index is 5.91. The minimum Gasteiger partial charge on any atom is -0.497 e. The van der Waals surface area contributed by atoms with Gasteiger partial charge in [0.05, 0.1) is 19.3 Å². The summed E-state index contributed by atoms with van der Waals surface area (Å²) in [6.07, 6.45) is 5.62. The van der Waals surface area contributed by atoms with E-state index in [4.69, 9.17) is 9.47 Å². The van der Waals surface area contributed by atoms with Crippen molar-refractivity contribution in [2.24, 2.45) is 0 Å². The molecule has 0 spiro atoms. The third kappa shape index (κ3) is 2.68. The standard InChI is InChI=1S/C17H23NO2/c1-2-10-18-17(16-9-5-6-11-19-16)14-12-20-15-8-4-3-7-13(14)15/h3-4,7-9,14,17-18H,2,5-6,10-12H2,1H3. The third-order valence-corrected chi connectivity index (χ3v) is 4.02. The molecule has 0 bridgehead atoms. The first kappa shape index (κ1) is 13.5. The fraction of sp³-hybridized carbons (Fsp3) is 0.529. The molecular formula is C17H23NO2. The minimum atomic E-state index is 0.235. The van der Waals surface area contributed by atoms with Gasteiger partial charge in [0.25, 0.3) is 0 Å². The van der Waals surface area contributed by atoms with Crippen LogP contribution in [0.4, 0.5) is 0 Å². The molecule has 0 saturated carbocycles. The van der Waals surface area contributed by atoms with Crippen LogP contribution < -0.4 is 10.1 Å². The van der Waals surface area contributed by atoms with Gasteiger partial charge >= 0.3 is 0 Å². The van der Waals surface area contributed by atoms with E-state index in [0.717, 1.165) is 50.5 Å². The molecular weight excluding hydrogens is 250 g/mol. The van der Waals surface area contributed by atoms with E-state index in [1.807, 2.05) is 6.07 Å². The van der Waals surface area contributed by atoms with Crippen LogP contribution in [0.5, 0.6) is 5.75 Å². The van der Waals surface area contributed by atoms with Crippen molar-refractivity contribution >= 4 is 0 Å². The van der Waals surface area contributed by atoms with Crippen LogP contribution in [0.2, 0.25) is 0 Å². The van der Waals surface area contributed by atoms with Crippen LogP contribution in [0, 0.1) is 0 Å². The number of benzene rings is 1. The number of para-hydroxylation sites is 1. The van der Waals surface area contributed by atoms with Crippen LogP contribution in [-0.4, -0.2) is 25.8 Å². The Morgan fingerprint density at radius 3 is 3.00 bits per heavy atom. The molecule has 20 heavy (non-hydrogen) atoms. The normalized spacial score (nSPS) is 22.4. The highest BCUT2D eigenvalue weighted by molar-refractivity contribution is 5.42. The zero-order valence-electron chi connectivity index (χ0n) is 12.1. The molecule has 1 aromatic rings. The Hall–Kier alpha value is -1.48. The quantitative estimate of drug-likeness (QED) is 0.893. The van der Waals surface area contributed by atoms with Crippen LogP contribution >= 0.6 is 0 Å². The Kier molecular flexibility index (Phi) is 4.26. The van der Waals surface area contributed by atoms with E-state index in [1.165, 1.54) is 5.56 Å². The average Bonchev–Trinajstić information content (AvgIpc) is 2.93. The van der Waals surface area contributed by atoms with Crippen molar-refractivity contribution in [2.45, 2.75) is 38.1 Å². The van der Waals surface area contributed by atoms with Crippen LogP contribution in [0.15, 0.2) is 36.1 Å². The Bertz CT molecular complexity index is 484. The van der Waals surface area contributed by atoms with Gasteiger partial charge in [-0.15, -0.1) is 0 Å². The first-order chi connectivity index (χ1) is 9.90. The maximum absolute atomic E-state index is 5.91. The Morgan fingerprint density at radius 2 is 2.20 bits per heavy atom. The summed E-state index contributed by atoms with van der Waals surface area (Å²) >= 11 is 0. The number of rotatable bonds is 5. The zero-order valence-corrected chi connectivity index (χ0v) is 12.1.